The van der Waals surface area contributed by atoms with Crippen LogP contribution in [0.25, 0.3) is 32.7 Å². The predicted molar refractivity (Wildman–Crippen MR) is 122 cm³/mol. The highest BCUT2D eigenvalue weighted by molar-refractivity contribution is 14.1. The molecule has 0 spiro atoms. The molecule has 0 aromatic heterocycles. The zero-order chi connectivity index (χ0) is 16.8. The van der Waals surface area contributed by atoms with Gasteiger partial charge in [-0.2, -0.15) is 0 Å². The lowest BCUT2D eigenvalue weighted by Crippen LogP contribution is -1.94. The average Bonchev–Trinajstić information content (AvgIpc) is 2.57. The Bertz CT molecular complexity index is 1000. The molecule has 0 unspecified atom stereocenters. The number of fused-ring (bicyclic) bond motifs is 2. The molecule has 0 fully saturated rings. The lowest BCUT2D eigenvalue weighted by molar-refractivity contribution is 1.43. The summed E-state index contributed by atoms with van der Waals surface area (Å²) in [7, 11) is 0. The molecule has 0 radical (unpaired) electrons. The van der Waals surface area contributed by atoms with Crippen molar-refractivity contribution >= 4 is 66.7 Å². The summed E-state index contributed by atoms with van der Waals surface area (Å²) in [4.78, 5) is 0. The Kier molecular flexibility index (Phi) is 4.29. The first kappa shape index (κ1) is 16.3. The standard InChI is InChI=1S/C22H16I2/c1-13-11-19(23)15-7-3-5-9-17(15)21(13)22-14(2)12-20(24)16-8-4-6-10-18(16)22/h3-12H,1-2H3. The van der Waals surface area contributed by atoms with Gasteiger partial charge in [0.1, 0.15) is 0 Å². The predicted octanol–water partition coefficient (Wildman–Crippen LogP) is 7.49. The van der Waals surface area contributed by atoms with E-state index in [1.54, 1.807) is 0 Å². The van der Waals surface area contributed by atoms with Crippen LogP contribution in [0, 0.1) is 21.0 Å². The lowest BCUT2D eigenvalue weighted by atomic mass is 9.88. The third-order valence-electron chi connectivity index (χ3n) is 4.63. The molecule has 118 valence electrons. The molecule has 0 aliphatic heterocycles. The molecule has 24 heavy (non-hydrogen) atoms. The number of hydrogen-bond acceptors (Lipinski definition) is 0. The van der Waals surface area contributed by atoms with E-state index in [-0.39, 0.29) is 0 Å². The summed E-state index contributed by atoms with van der Waals surface area (Å²) in [5, 5.41) is 5.36. The van der Waals surface area contributed by atoms with Crippen LogP contribution in [0.4, 0.5) is 0 Å². The van der Waals surface area contributed by atoms with Crippen molar-refractivity contribution in [3.05, 3.63) is 78.9 Å². The Morgan fingerprint density at radius 2 is 0.875 bits per heavy atom. The Balaban J connectivity index is 2.23. The maximum Gasteiger partial charge on any atom is 0.0211 e. The normalized spacial score (nSPS) is 11.3. The van der Waals surface area contributed by atoms with Crippen LogP contribution < -0.4 is 0 Å². The second kappa shape index (κ2) is 6.30. The summed E-state index contributed by atoms with van der Waals surface area (Å²) in [6.07, 6.45) is 0. The van der Waals surface area contributed by atoms with Crippen LogP contribution in [-0.4, -0.2) is 0 Å². The summed E-state index contributed by atoms with van der Waals surface area (Å²) in [5.74, 6) is 0. The van der Waals surface area contributed by atoms with Gasteiger partial charge in [-0.3, -0.25) is 0 Å². The number of rotatable bonds is 1. The number of halogens is 2. The van der Waals surface area contributed by atoms with Crippen LogP contribution >= 0.6 is 45.2 Å². The smallest absolute Gasteiger partial charge is 0.0211 e. The van der Waals surface area contributed by atoms with Crippen molar-refractivity contribution in [2.75, 3.05) is 0 Å². The lowest BCUT2D eigenvalue weighted by Gasteiger charge is -2.18. The van der Waals surface area contributed by atoms with Crippen molar-refractivity contribution in [3.8, 4) is 11.1 Å². The molecule has 0 N–H and O–H groups in total. The van der Waals surface area contributed by atoms with E-state index >= 15 is 0 Å². The summed E-state index contributed by atoms with van der Waals surface area (Å²) < 4.78 is 2.63. The van der Waals surface area contributed by atoms with Crippen molar-refractivity contribution in [1.82, 2.24) is 0 Å². The highest BCUT2D eigenvalue weighted by Gasteiger charge is 2.16. The molecule has 4 aromatic rings. The fourth-order valence-electron chi connectivity index (χ4n) is 3.59. The van der Waals surface area contributed by atoms with Crippen molar-refractivity contribution in [3.63, 3.8) is 0 Å². The zero-order valence-electron chi connectivity index (χ0n) is 13.5. The quantitative estimate of drug-likeness (QED) is 0.222. The zero-order valence-corrected chi connectivity index (χ0v) is 17.8. The molecule has 0 bridgehead atoms. The fraction of sp³-hybridized carbons (Fsp3) is 0.0909. The average molecular weight is 534 g/mol. The van der Waals surface area contributed by atoms with E-state index in [2.05, 4.69) is 120 Å². The molecule has 0 heterocycles. The number of hydrogen-bond donors (Lipinski definition) is 0. The molecule has 0 nitrogen and oxygen atoms in total. The molecular formula is C22H16I2. The van der Waals surface area contributed by atoms with E-state index in [9.17, 15) is 0 Å². The van der Waals surface area contributed by atoms with Gasteiger partial charge >= 0.3 is 0 Å². The van der Waals surface area contributed by atoms with Gasteiger partial charge in [0, 0.05) is 7.14 Å². The summed E-state index contributed by atoms with van der Waals surface area (Å²) >= 11 is 4.90. The van der Waals surface area contributed by atoms with Gasteiger partial charge in [0.15, 0.2) is 0 Å². The van der Waals surface area contributed by atoms with E-state index in [0.29, 0.717) is 0 Å². The minimum absolute atomic E-state index is 1.32. The second-order valence-corrected chi connectivity index (χ2v) is 8.52. The molecule has 0 saturated carbocycles. The first-order valence-electron chi connectivity index (χ1n) is 7.94. The van der Waals surface area contributed by atoms with Gasteiger partial charge in [-0.25, -0.2) is 0 Å². The first-order chi connectivity index (χ1) is 11.6. The van der Waals surface area contributed by atoms with Crippen molar-refractivity contribution in [1.29, 1.82) is 0 Å². The molecule has 0 saturated heterocycles. The van der Waals surface area contributed by atoms with Gasteiger partial charge in [-0.1, -0.05) is 48.5 Å². The molecule has 4 rings (SSSR count). The van der Waals surface area contributed by atoms with E-state index in [4.69, 9.17) is 0 Å². The van der Waals surface area contributed by atoms with E-state index in [1.165, 1.54) is 50.9 Å². The van der Waals surface area contributed by atoms with Crippen LogP contribution in [-0.2, 0) is 0 Å². The monoisotopic (exact) mass is 534 g/mol. The summed E-state index contributed by atoms with van der Waals surface area (Å²) in [5.41, 5.74) is 5.42. The molecule has 0 aliphatic carbocycles. The van der Waals surface area contributed by atoms with Crippen molar-refractivity contribution in [2.24, 2.45) is 0 Å². The van der Waals surface area contributed by atoms with Gasteiger partial charge in [0.25, 0.3) is 0 Å². The summed E-state index contributed by atoms with van der Waals surface area (Å²) in [6, 6.07) is 22.1. The first-order valence-corrected chi connectivity index (χ1v) is 10.1. The number of aryl methyl sites for hydroxylation is 2. The highest BCUT2D eigenvalue weighted by atomic mass is 127. The van der Waals surface area contributed by atoms with Gasteiger partial charge in [0.2, 0.25) is 0 Å². The van der Waals surface area contributed by atoms with Crippen LogP contribution in [0.2, 0.25) is 0 Å². The van der Waals surface area contributed by atoms with E-state index in [0.717, 1.165) is 0 Å². The van der Waals surface area contributed by atoms with Gasteiger partial charge in [0.05, 0.1) is 0 Å². The van der Waals surface area contributed by atoms with Crippen molar-refractivity contribution in [2.45, 2.75) is 13.8 Å². The molecule has 0 aliphatic rings. The SMILES string of the molecule is Cc1cc(I)c2ccccc2c1-c1c(C)cc(I)c2ccccc12. The maximum absolute atomic E-state index is 2.45. The number of benzene rings is 4. The third-order valence-corrected chi connectivity index (χ3v) is 6.42. The Hall–Kier alpha value is -1.14. The minimum Gasteiger partial charge on any atom is -0.0616 e. The third kappa shape index (κ3) is 2.54. The van der Waals surface area contributed by atoms with Crippen LogP contribution in [0.3, 0.4) is 0 Å². The molecular weight excluding hydrogens is 518 g/mol. The van der Waals surface area contributed by atoms with Crippen LogP contribution in [0.1, 0.15) is 11.1 Å². The van der Waals surface area contributed by atoms with Gasteiger partial charge in [-0.05, 0) is 115 Å². The Morgan fingerprint density at radius 1 is 0.542 bits per heavy atom. The second-order valence-electron chi connectivity index (χ2n) is 6.19. The Morgan fingerprint density at radius 3 is 1.25 bits per heavy atom. The van der Waals surface area contributed by atoms with Gasteiger partial charge in [-0.15, -0.1) is 0 Å². The molecule has 4 aromatic carbocycles. The topological polar surface area (TPSA) is 0 Å². The van der Waals surface area contributed by atoms with E-state index < -0.39 is 0 Å². The van der Waals surface area contributed by atoms with Crippen LogP contribution in [0.5, 0.6) is 0 Å². The van der Waals surface area contributed by atoms with E-state index in [1.807, 2.05) is 0 Å². The summed E-state index contributed by atoms with van der Waals surface area (Å²) in [6.45, 7) is 4.46. The minimum atomic E-state index is 1.32. The fourth-order valence-corrected chi connectivity index (χ4v) is 5.46. The maximum atomic E-state index is 2.45. The van der Waals surface area contributed by atoms with Crippen molar-refractivity contribution < 1.29 is 0 Å². The van der Waals surface area contributed by atoms with Gasteiger partial charge < -0.3 is 0 Å². The molecule has 0 atom stereocenters. The molecule has 0 amide bonds. The van der Waals surface area contributed by atoms with Crippen LogP contribution in [0.15, 0.2) is 60.7 Å². The largest absolute Gasteiger partial charge is 0.0616 e. The Labute approximate surface area is 169 Å². The molecule has 2 heteroatoms. The highest BCUT2D eigenvalue weighted by Crippen LogP contribution is 2.41.